The third-order valence-corrected chi connectivity index (χ3v) is 11.9. The van der Waals surface area contributed by atoms with Gasteiger partial charge in [0.15, 0.2) is 6.10 Å². The van der Waals surface area contributed by atoms with Gasteiger partial charge >= 0.3 is 17.9 Å². The maximum absolute atomic E-state index is 12.8. The standard InChI is InChI=1S/C60H104O6/c1-4-7-10-13-16-19-21-23-25-27-29-30-31-33-34-36-38-41-44-47-50-53-59(62)65-56-57(55-64-58(61)52-49-46-43-40-18-15-12-9-6-3)66-60(63)54-51-48-45-42-39-37-35-32-28-26-24-22-20-17-14-11-8-5-2/h7,10,16,19,23,25-26,28-30,33-34,57H,4-6,8-9,11-15,17-18,20-22,24,27,31-32,35-56H2,1-3H3/b10-7-,19-16-,25-23-,28-26-,30-29-,34-33-. The van der Waals surface area contributed by atoms with Gasteiger partial charge < -0.3 is 14.2 Å². The zero-order valence-corrected chi connectivity index (χ0v) is 43.4. The van der Waals surface area contributed by atoms with Crippen LogP contribution in [-0.4, -0.2) is 37.2 Å². The van der Waals surface area contributed by atoms with Crippen LogP contribution in [0.2, 0.25) is 0 Å². The number of rotatable bonds is 50. The molecule has 6 nitrogen and oxygen atoms in total. The van der Waals surface area contributed by atoms with E-state index in [1.807, 2.05) is 0 Å². The van der Waals surface area contributed by atoms with Crippen LogP contribution in [0.4, 0.5) is 0 Å². The summed E-state index contributed by atoms with van der Waals surface area (Å²) in [6, 6.07) is 0. The molecule has 0 aliphatic rings. The summed E-state index contributed by atoms with van der Waals surface area (Å²) in [4.78, 5) is 38.0. The first kappa shape index (κ1) is 62.8. The van der Waals surface area contributed by atoms with Gasteiger partial charge in [-0.05, 0) is 89.9 Å². The Labute approximate surface area is 408 Å². The second-order valence-corrected chi connectivity index (χ2v) is 18.5. The molecule has 0 saturated heterocycles. The lowest BCUT2D eigenvalue weighted by molar-refractivity contribution is -0.167. The van der Waals surface area contributed by atoms with E-state index in [4.69, 9.17) is 14.2 Å². The average molecular weight is 921 g/mol. The highest BCUT2D eigenvalue weighted by Crippen LogP contribution is 2.15. The monoisotopic (exact) mass is 921 g/mol. The summed E-state index contributed by atoms with van der Waals surface area (Å²) >= 11 is 0. The summed E-state index contributed by atoms with van der Waals surface area (Å²) in [5.41, 5.74) is 0. The van der Waals surface area contributed by atoms with E-state index in [1.165, 1.54) is 122 Å². The largest absolute Gasteiger partial charge is 0.462 e. The van der Waals surface area contributed by atoms with Crippen LogP contribution in [-0.2, 0) is 28.6 Å². The molecule has 0 aromatic heterocycles. The average Bonchev–Trinajstić information content (AvgIpc) is 3.31. The number of carbonyl (C=O) groups is 3. The van der Waals surface area contributed by atoms with E-state index in [-0.39, 0.29) is 31.1 Å². The SMILES string of the molecule is CC/C=C\C/C=C\C/C=C\C/C=C\C/C=C\CCCCCCCC(=O)OCC(COC(=O)CCCCCCCCCCC)OC(=O)CCCCCCCCC/C=C\CCCCCCCCC. The molecular weight excluding hydrogens is 817 g/mol. The number of unbranched alkanes of at least 4 members (excludes halogenated alkanes) is 27. The van der Waals surface area contributed by atoms with Gasteiger partial charge in [0.05, 0.1) is 0 Å². The third kappa shape index (κ3) is 51.8. The summed E-state index contributed by atoms with van der Waals surface area (Å²) < 4.78 is 16.8. The lowest BCUT2D eigenvalue weighted by Crippen LogP contribution is -2.30. The Morgan fingerprint density at radius 1 is 0.318 bits per heavy atom. The van der Waals surface area contributed by atoms with Crippen molar-refractivity contribution >= 4 is 17.9 Å². The Balaban J connectivity index is 4.33. The van der Waals surface area contributed by atoms with Crippen LogP contribution in [0.25, 0.3) is 0 Å². The van der Waals surface area contributed by atoms with Crippen LogP contribution in [0.3, 0.4) is 0 Å². The molecule has 0 aliphatic carbocycles. The predicted octanol–water partition coefficient (Wildman–Crippen LogP) is 18.6. The third-order valence-electron chi connectivity index (χ3n) is 11.9. The fraction of sp³-hybridized carbons (Fsp3) is 0.750. The van der Waals surface area contributed by atoms with Crippen molar-refractivity contribution in [3.8, 4) is 0 Å². The first-order valence-corrected chi connectivity index (χ1v) is 27.9. The van der Waals surface area contributed by atoms with E-state index in [2.05, 4.69) is 93.7 Å². The molecule has 66 heavy (non-hydrogen) atoms. The quantitative estimate of drug-likeness (QED) is 0.0262. The minimum absolute atomic E-state index is 0.0819. The number of allylic oxidation sites excluding steroid dienone is 12. The maximum atomic E-state index is 12.8. The molecule has 1 unspecified atom stereocenters. The molecule has 0 saturated carbocycles. The normalized spacial score (nSPS) is 12.6. The fourth-order valence-corrected chi connectivity index (χ4v) is 7.76. The molecule has 0 aliphatic heterocycles. The molecule has 0 amide bonds. The van der Waals surface area contributed by atoms with Crippen molar-refractivity contribution in [1.82, 2.24) is 0 Å². The Bertz CT molecular complexity index is 1240. The maximum Gasteiger partial charge on any atom is 0.306 e. The highest BCUT2D eigenvalue weighted by atomic mass is 16.6. The van der Waals surface area contributed by atoms with Crippen molar-refractivity contribution in [3.05, 3.63) is 72.9 Å². The van der Waals surface area contributed by atoms with E-state index in [1.54, 1.807) is 0 Å². The molecule has 0 spiro atoms. The Morgan fingerprint density at radius 3 is 0.939 bits per heavy atom. The lowest BCUT2D eigenvalue weighted by Gasteiger charge is -2.18. The number of esters is 3. The van der Waals surface area contributed by atoms with Crippen molar-refractivity contribution in [2.45, 2.75) is 277 Å². The molecule has 0 heterocycles. The van der Waals surface area contributed by atoms with Crippen molar-refractivity contribution in [3.63, 3.8) is 0 Å². The van der Waals surface area contributed by atoms with Crippen molar-refractivity contribution in [2.24, 2.45) is 0 Å². The van der Waals surface area contributed by atoms with Gasteiger partial charge in [0, 0.05) is 19.3 Å². The highest BCUT2D eigenvalue weighted by molar-refractivity contribution is 5.71. The second kappa shape index (κ2) is 54.5. The number of ether oxygens (including phenoxy) is 3. The molecule has 0 bridgehead atoms. The van der Waals surface area contributed by atoms with Gasteiger partial charge in [-0.25, -0.2) is 0 Å². The van der Waals surface area contributed by atoms with E-state index in [0.717, 1.165) is 109 Å². The Hall–Kier alpha value is -3.15. The van der Waals surface area contributed by atoms with E-state index >= 15 is 0 Å². The minimum Gasteiger partial charge on any atom is -0.462 e. The van der Waals surface area contributed by atoms with Crippen LogP contribution >= 0.6 is 0 Å². The summed E-state index contributed by atoms with van der Waals surface area (Å²) in [7, 11) is 0. The molecule has 380 valence electrons. The molecule has 1 atom stereocenters. The van der Waals surface area contributed by atoms with Crippen molar-refractivity contribution < 1.29 is 28.6 Å². The van der Waals surface area contributed by atoms with Crippen LogP contribution in [0.5, 0.6) is 0 Å². The summed E-state index contributed by atoms with van der Waals surface area (Å²) in [5, 5.41) is 0. The summed E-state index contributed by atoms with van der Waals surface area (Å²) in [6.07, 6.45) is 68.9. The van der Waals surface area contributed by atoms with Crippen LogP contribution in [0, 0.1) is 0 Å². The van der Waals surface area contributed by atoms with Gasteiger partial charge in [0.1, 0.15) is 13.2 Å². The summed E-state index contributed by atoms with van der Waals surface area (Å²) in [5.74, 6) is -0.902. The molecule has 0 aromatic rings. The van der Waals surface area contributed by atoms with Gasteiger partial charge in [-0.15, -0.1) is 0 Å². The molecule has 0 N–H and O–H groups in total. The van der Waals surface area contributed by atoms with Gasteiger partial charge in [-0.3, -0.25) is 14.4 Å². The number of hydrogen-bond acceptors (Lipinski definition) is 6. The van der Waals surface area contributed by atoms with E-state index in [9.17, 15) is 14.4 Å². The predicted molar refractivity (Wildman–Crippen MR) is 284 cm³/mol. The molecule has 6 heteroatoms. The molecular formula is C60H104O6. The topological polar surface area (TPSA) is 78.9 Å². The van der Waals surface area contributed by atoms with Crippen LogP contribution < -0.4 is 0 Å². The van der Waals surface area contributed by atoms with E-state index in [0.29, 0.717) is 19.3 Å². The Morgan fingerprint density at radius 2 is 0.591 bits per heavy atom. The molecule has 0 fully saturated rings. The zero-order chi connectivity index (χ0) is 47.9. The van der Waals surface area contributed by atoms with Gasteiger partial charge in [-0.1, -0.05) is 235 Å². The van der Waals surface area contributed by atoms with Gasteiger partial charge in [0.2, 0.25) is 0 Å². The van der Waals surface area contributed by atoms with E-state index < -0.39 is 6.10 Å². The van der Waals surface area contributed by atoms with Crippen LogP contribution in [0.15, 0.2) is 72.9 Å². The molecule has 0 radical (unpaired) electrons. The number of hydrogen-bond donors (Lipinski definition) is 0. The molecule has 0 aromatic carbocycles. The minimum atomic E-state index is -0.783. The molecule has 0 rings (SSSR count). The van der Waals surface area contributed by atoms with Crippen molar-refractivity contribution in [2.75, 3.05) is 13.2 Å². The first-order chi connectivity index (χ1) is 32.5. The zero-order valence-electron chi connectivity index (χ0n) is 43.4. The van der Waals surface area contributed by atoms with Crippen molar-refractivity contribution in [1.29, 1.82) is 0 Å². The summed E-state index contributed by atoms with van der Waals surface area (Å²) in [6.45, 7) is 6.50. The number of carbonyl (C=O) groups excluding carboxylic acids is 3. The second-order valence-electron chi connectivity index (χ2n) is 18.5. The fourth-order valence-electron chi connectivity index (χ4n) is 7.76. The lowest BCUT2D eigenvalue weighted by atomic mass is 10.1. The van der Waals surface area contributed by atoms with Gasteiger partial charge in [0.25, 0.3) is 0 Å². The highest BCUT2D eigenvalue weighted by Gasteiger charge is 2.19. The van der Waals surface area contributed by atoms with Crippen LogP contribution in [0.1, 0.15) is 271 Å². The van der Waals surface area contributed by atoms with Gasteiger partial charge in [-0.2, -0.15) is 0 Å². The first-order valence-electron chi connectivity index (χ1n) is 27.9. The Kier molecular flexibility index (Phi) is 51.9. The smallest absolute Gasteiger partial charge is 0.306 e.